The van der Waals surface area contributed by atoms with Gasteiger partial charge in [0.25, 0.3) is 0 Å². The quantitative estimate of drug-likeness (QED) is 0.607. The van der Waals surface area contributed by atoms with Gasteiger partial charge in [-0.2, -0.15) is 4.98 Å². The lowest BCUT2D eigenvalue weighted by Gasteiger charge is -2.31. The molecule has 26 heavy (non-hydrogen) atoms. The van der Waals surface area contributed by atoms with Gasteiger partial charge in [-0.25, -0.2) is 9.97 Å². The van der Waals surface area contributed by atoms with Crippen LogP contribution in [-0.2, 0) is 4.79 Å². The molecule has 2 aromatic rings. The first-order valence-electron chi connectivity index (χ1n) is 7.88. The summed E-state index contributed by atoms with van der Waals surface area (Å²) in [6.45, 7) is 1.02. The van der Waals surface area contributed by atoms with Gasteiger partial charge in [0.05, 0.1) is 15.9 Å². The monoisotopic (exact) mass is 377 g/mol. The summed E-state index contributed by atoms with van der Waals surface area (Å²) in [6.07, 6.45) is 4.00. The van der Waals surface area contributed by atoms with Crippen molar-refractivity contribution in [2.75, 3.05) is 29.0 Å². The van der Waals surface area contributed by atoms with Crippen LogP contribution in [0.2, 0.25) is 5.02 Å². The molecule has 2 aromatic heterocycles. The number of anilines is 3. The first kappa shape index (κ1) is 17.8. The molecule has 3 N–H and O–H groups in total. The molecule has 3 rings (SSSR count). The number of nitro groups is 1. The van der Waals surface area contributed by atoms with Crippen molar-refractivity contribution in [1.29, 1.82) is 0 Å². The molecular formula is C15H16ClN7O3. The zero-order valence-electron chi connectivity index (χ0n) is 13.6. The highest BCUT2D eigenvalue weighted by Crippen LogP contribution is 2.25. The Bertz CT molecular complexity index is 830. The Morgan fingerprint density at radius 3 is 2.85 bits per heavy atom. The molecule has 0 radical (unpaired) electrons. The number of carbonyl (C=O) groups excluding carboxylic acids is 1. The number of hydrogen-bond acceptors (Lipinski definition) is 8. The third kappa shape index (κ3) is 3.97. The average molecular weight is 378 g/mol. The Labute approximate surface area is 153 Å². The Kier molecular flexibility index (Phi) is 5.12. The summed E-state index contributed by atoms with van der Waals surface area (Å²) in [7, 11) is 0. The van der Waals surface area contributed by atoms with Crippen molar-refractivity contribution in [2.24, 2.45) is 5.92 Å². The van der Waals surface area contributed by atoms with E-state index in [1.165, 1.54) is 6.20 Å². The van der Waals surface area contributed by atoms with Crippen LogP contribution in [0.4, 0.5) is 23.3 Å². The Morgan fingerprint density at radius 2 is 2.19 bits per heavy atom. The minimum Gasteiger partial charge on any atom is -0.378 e. The summed E-state index contributed by atoms with van der Waals surface area (Å²) in [5.41, 5.74) is 5.28. The standard InChI is InChI=1S/C15H16ClN7O3/c16-10-3-4-12(18-6-10)20-14(24)9-2-1-5-22(8-9)15-19-7-11(23(25)26)13(17)21-15/h3-4,6-7,9H,1-2,5,8H2,(H2,17,19,21)(H,18,20,24). The fourth-order valence-corrected chi connectivity index (χ4v) is 2.83. The molecule has 0 aliphatic carbocycles. The van der Waals surface area contributed by atoms with Gasteiger partial charge in [-0.1, -0.05) is 11.6 Å². The van der Waals surface area contributed by atoms with Crippen LogP contribution in [-0.4, -0.2) is 38.9 Å². The van der Waals surface area contributed by atoms with Crippen molar-refractivity contribution in [2.45, 2.75) is 12.8 Å². The summed E-state index contributed by atoms with van der Waals surface area (Å²) in [5.74, 6) is 0.0418. The zero-order chi connectivity index (χ0) is 18.7. The van der Waals surface area contributed by atoms with Gasteiger partial charge in [-0.05, 0) is 25.0 Å². The second-order valence-corrected chi connectivity index (χ2v) is 6.27. The maximum Gasteiger partial charge on any atom is 0.329 e. The van der Waals surface area contributed by atoms with Crippen molar-refractivity contribution >= 4 is 40.8 Å². The summed E-state index contributed by atoms with van der Waals surface area (Å²) in [4.78, 5) is 36.5. The SMILES string of the molecule is Nc1nc(N2CCCC(C(=O)Nc3ccc(Cl)cn3)C2)ncc1[N+](=O)[O-]. The van der Waals surface area contributed by atoms with Crippen molar-refractivity contribution in [1.82, 2.24) is 15.0 Å². The molecule has 3 heterocycles. The van der Waals surface area contributed by atoms with Gasteiger partial charge in [0.1, 0.15) is 12.0 Å². The largest absolute Gasteiger partial charge is 0.378 e. The first-order valence-corrected chi connectivity index (χ1v) is 8.26. The maximum absolute atomic E-state index is 12.5. The van der Waals surface area contributed by atoms with E-state index in [-0.39, 0.29) is 29.3 Å². The third-order valence-corrected chi connectivity index (χ3v) is 4.26. The number of piperidine rings is 1. The lowest BCUT2D eigenvalue weighted by atomic mass is 9.97. The normalized spacial score (nSPS) is 17.0. The summed E-state index contributed by atoms with van der Waals surface area (Å²) in [5, 5.41) is 14.1. The summed E-state index contributed by atoms with van der Waals surface area (Å²) in [6, 6.07) is 3.27. The van der Waals surface area contributed by atoms with Gasteiger partial charge in [-0.3, -0.25) is 14.9 Å². The Hall–Kier alpha value is -3.01. The fraction of sp³-hybridized carbons (Fsp3) is 0.333. The third-order valence-electron chi connectivity index (χ3n) is 4.04. The number of aromatic nitrogens is 3. The van der Waals surface area contributed by atoms with E-state index in [1.807, 2.05) is 0 Å². The van der Waals surface area contributed by atoms with Crippen LogP contribution in [0.5, 0.6) is 0 Å². The van der Waals surface area contributed by atoms with E-state index in [0.29, 0.717) is 30.4 Å². The van der Waals surface area contributed by atoms with E-state index in [4.69, 9.17) is 17.3 Å². The predicted octanol–water partition coefficient (Wildman–Crippen LogP) is 1.87. The lowest BCUT2D eigenvalue weighted by Crippen LogP contribution is -2.41. The van der Waals surface area contributed by atoms with Gasteiger partial charge in [0.2, 0.25) is 17.7 Å². The van der Waals surface area contributed by atoms with Gasteiger partial charge >= 0.3 is 5.69 Å². The molecule has 1 fully saturated rings. The molecule has 1 unspecified atom stereocenters. The topological polar surface area (TPSA) is 140 Å². The van der Waals surface area contributed by atoms with Crippen LogP contribution in [0, 0.1) is 16.0 Å². The van der Waals surface area contributed by atoms with Crippen LogP contribution in [0.25, 0.3) is 0 Å². The zero-order valence-corrected chi connectivity index (χ0v) is 14.4. The van der Waals surface area contributed by atoms with Crippen LogP contribution in [0.15, 0.2) is 24.5 Å². The van der Waals surface area contributed by atoms with E-state index in [2.05, 4.69) is 20.3 Å². The maximum atomic E-state index is 12.5. The lowest BCUT2D eigenvalue weighted by molar-refractivity contribution is -0.384. The van der Waals surface area contributed by atoms with Crippen molar-refractivity contribution < 1.29 is 9.72 Å². The Balaban J connectivity index is 1.68. The molecule has 1 saturated heterocycles. The molecule has 0 saturated carbocycles. The smallest absolute Gasteiger partial charge is 0.329 e. The molecule has 1 aliphatic rings. The number of nitrogens with zero attached hydrogens (tertiary/aromatic N) is 5. The van der Waals surface area contributed by atoms with Crippen molar-refractivity contribution in [3.63, 3.8) is 0 Å². The highest BCUT2D eigenvalue weighted by atomic mass is 35.5. The molecule has 1 atom stereocenters. The molecule has 11 heteroatoms. The number of halogens is 1. The summed E-state index contributed by atoms with van der Waals surface area (Å²) >= 11 is 5.78. The van der Waals surface area contributed by atoms with Crippen molar-refractivity contribution in [3.8, 4) is 0 Å². The molecule has 0 spiro atoms. The van der Waals surface area contributed by atoms with E-state index in [9.17, 15) is 14.9 Å². The predicted molar refractivity (Wildman–Crippen MR) is 95.9 cm³/mol. The van der Waals surface area contributed by atoms with Gasteiger partial charge in [0.15, 0.2) is 0 Å². The first-order chi connectivity index (χ1) is 12.4. The van der Waals surface area contributed by atoms with Gasteiger partial charge in [-0.15, -0.1) is 0 Å². The molecule has 136 valence electrons. The minimum absolute atomic E-state index is 0.167. The fourth-order valence-electron chi connectivity index (χ4n) is 2.72. The Morgan fingerprint density at radius 1 is 1.38 bits per heavy atom. The van der Waals surface area contributed by atoms with E-state index >= 15 is 0 Å². The number of pyridine rings is 1. The molecule has 1 amide bonds. The highest BCUT2D eigenvalue weighted by Gasteiger charge is 2.28. The minimum atomic E-state index is -0.634. The number of carbonyl (C=O) groups is 1. The number of hydrogen-bond donors (Lipinski definition) is 2. The van der Waals surface area contributed by atoms with Crippen LogP contribution < -0.4 is 16.0 Å². The summed E-state index contributed by atoms with van der Waals surface area (Å²) < 4.78 is 0. The van der Waals surface area contributed by atoms with Crippen molar-refractivity contribution in [3.05, 3.63) is 39.7 Å². The van der Waals surface area contributed by atoms with E-state index < -0.39 is 4.92 Å². The van der Waals surface area contributed by atoms with Crippen LogP contribution in [0.1, 0.15) is 12.8 Å². The number of nitrogens with one attached hydrogen (secondary N) is 1. The van der Waals surface area contributed by atoms with E-state index in [1.54, 1.807) is 17.0 Å². The van der Waals surface area contributed by atoms with E-state index in [0.717, 1.165) is 12.6 Å². The van der Waals surface area contributed by atoms with Gasteiger partial charge < -0.3 is 16.0 Å². The molecule has 0 aromatic carbocycles. The average Bonchev–Trinajstić information content (AvgIpc) is 2.63. The highest BCUT2D eigenvalue weighted by molar-refractivity contribution is 6.30. The molecule has 1 aliphatic heterocycles. The molecule has 10 nitrogen and oxygen atoms in total. The number of nitrogens with two attached hydrogens (primary N) is 1. The second-order valence-electron chi connectivity index (χ2n) is 5.83. The molecule has 0 bridgehead atoms. The number of rotatable bonds is 4. The van der Waals surface area contributed by atoms with Gasteiger partial charge in [0, 0.05) is 19.3 Å². The number of nitrogen functional groups attached to an aromatic ring is 1. The second kappa shape index (κ2) is 7.48. The number of amides is 1. The van der Waals surface area contributed by atoms with Crippen LogP contribution >= 0.6 is 11.6 Å². The van der Waals surface area contributed by atoms with Crippen LogP contribution in [0.3, 0.4) is 0 Å². The molecular weight excluding hydrogens is 362 g/mol.